The van der Waals surface area contributed by atoms with E-state index in [2.05, 4.69) is 10.6 Å². The summed E-state index contributed by atoms with van der Waals surface area (Å²) in [6.07, 6.45) is 2.15. The van der Waals surface area contributed by atoms with E-state index in [1.165, 1.54) is 0 Å². The van der Waals surface area contributed by atoms with Crippen molar-refractivity contribution >= 4 is 17.5 Å². The quantitative estimate of drug-likeness (QED) is 0.763. The van der Waals surface area contributed by atoms with Gasteiger partial charge in [-0.2, -0.15) is 0 Å². The van der Waals surface area contributed by atoms with Gasteiger partial charge in [0.25, 0.3) is 0 Å². The summed E-state index contributed by atoms with van der Waals surface area (Å²) in [5.74, 6) is 0.133. The summed E-state index contributed by atoms with van der Waals surface area (Å²) in [4.78, 5) is 11.7. The molecule has 5 heteroatoms. The van der Waals surface area contributed by atoms with E-state index in [-0.39, 0.29) is 17.7 Å². The van der Waals surface area contributed by atoms with Crippen molar-refractivity contribution in [1.29, 1.82) is 0 Å². The first kappa shape index (κ1) is 13.2. The highest BCUT2D eigenvalue weighted by Crippen LogP contribution is 2.25. The standard InChI is InChI=1S/C13H17ClN2O2/c1-8(13(18)16-9-5-6-9)15-7-10-11(14)3-2-4-12(10)17/h2-4,8-9,15,17H,5-7H2,1H3,(H,16,18). The van der Waals surface area contributed by atoms with Crippen LogP contribution in [0.3, 0.4) is 0 Å². The maximum Gasteiger partial charge on any atom is 0.237 e. The highest BCUT2D eigenvalue weighted by atomic mass is 35.5. The van der Waals surface area contributed by atoms with Crippen molar-refractivity contribution < 1.29 is 9.90 Å². The molecule has 0 aromatic heterocycles. The van der Waals surface area contributed by atoms with Gasteiger partial charge < -0.3 is 15.7 Å². The number of nitrogens with one attached hydrogen (secondary N) is 2. The third-order valence-corrected chi connectivity index (χ3v) is 3.35. The normalized spacial score (nSPS) is 16.3. The molecule has 0 radical (unpaired) electrons. The highest BCUT2D eigenvalue weighted by Gasteiger charge is 2.25. The molecule has 3 N–H and O–H groups in total. The number of carbonyl (C=O) groups is 1. The Balaban J connectivity index is 1.88. The van der Waals surface area contributed by atoms with Crippen LogP contribution in [0.25, 0.3) is 0 Å². The van der Waals surface area contributed by atoms with Crippen LogP contribution in [0.5, 0.6) is 5.75 Å². The van der Waals surface area contributed by atoms with Crippen molar-refractivity contribution in [1.82, 2.24) is 10.6 Å². The maximum absolute atomic E-state index is 11.7. The molecule has 0 heterocycles. The first-order valence-corrected chi connectivity index (χ1v) is 6.46. The second-order valence-electron chi connectivity index (χ2n) is 4.62. The SMILES string of the molecule is CC(NCc1c(O)cccc1Cl)C(=O)NC1CC1. The van der Waals surface area contributed by atoms with Crippen molar-refractivity contribution in [3.63, 3.8) is 0 Å². The van der Waals surface area contributed by atoms with Crippen molar-refractivity contribution in [2.45, 2.75) is 38.4 Å². The van der Waals surface area contributed by atoms with Crippen LogP contribution in [0.4, 0.5) is 0 Å². The Morgan fingerprint density at radius 2 is 2.28 bits per heavy atom. The van der Waals surface area contributed by atoms with Crippen LogP contribution in [-0.2, 0) is 11.3 Å². The topological polar surface area (TPSA) is 61.4 Å². The molecular weight excluding hydrogens is 252 g/mol. The molecule has 1 aliphatic rings. The van der Waals surface area contributed by atoms with E-state index < -0.39 is 0 Å². The molecule has 0 bridgehead atoms. The monoisotopic (exact) mass is 268 g/mol. The Morgan fingerprint density at radius 1 is 1.56 bits per heavy atom. The number of carbonyl (C=O) groups excluding carboxylic acids is 1. The number of benzene rings is 1. The number of aromatic hydroxyl groups is 1. The zero-order valence-electron chi connectivity index (χ0n) is 10.2. The number of phenolic OH excluding ortho intramolecular Hbond substituents is 1. The molecule has 2 rings (SSSR count). The van der Waals surface area contributed by atoms with Gasteiger partial charge in [0.15, 0.2) is 0 Å². The highest BCUT2D eigenvalue weighted by molar-refractivity contribution is 6.31. The van der Waals surface area contributed by atoms with E-state index in [1.807, 2.05) is 0 Å². The fourth-order valence-electron chi connectivity index (χ4n) is 1.62. The lowest BCUT2D eigenvalue weighted by atomic mass is 10.2. The van der Waals surface area contributed by atoms with Crippen molar-refractivity contribution in [3.05, 3.63) is 28.8 Å². The largest absolute Gasteiger partial charge is 0.508 e. The molecule has 1 unspecified atom stereocenters. The lowest BCUT2D eigenvalue weighted by molar-refractivity contribution is -0.122. The van der Waals surface area contributed by atoms with Crippen LogP contribution in [0.2, 0.25) is 5.02 Å². The van der Waals surface area contributed by atoms with Gasteiger partial charge in [-0.1, -0.05) is 17.7 Å². The predicted molar refractivity (Wildman–Crippen MR) is 70.6 cm³/mol. The zero-order chi connectivity index (χ0) is 13.1. The number of phenols is 1. The van der Waals surface area contributed by atoms with Gasteiger partial charge in [0.1, 0.15) is 5.75 Å². The van der Waals surface area contributed by atoms with Crippen LogP contribution in [0, 0.1) is 0 Å². The van der Waals surface area contributed by atoms with Crippen LogP contribution >= 0.6 is 11.6 Å². The van der Waals surface area contributed by atoms with Gasteiger partial charge in [-0.25, -0.2) is 0 Å². The smallest absolute Gasteiger partial charge is 0.237 e. The molecule has 1 saturated carbocycles. The zero-order valence-corrected chi connectivity index (χ0v) is 11.0. The lowest BCUT2D eigenvalue weighted by Gasteiger charge is -2.15. The Hall–Kier alpha value is -1.26. The van der Waals surface area contributed by atoms with E-state index in [0.717, 1.165) is 12.8 Å². The van der Waals surface area contributed by atoms with E-state index in [9.17, 15) is 9.90 Å². The summed E-state index contributed by atoms with van der Waals surface area (Å²) < 4.78 is 0. The number of hydrogen-bond acceptors (Lipinski definition) is 3. The molecule has 1 aliphatic carbocycles. The maximum atomic E-state index is 11.7. The van der Waals surface area contributed by atoms with Crippen molar-refractivity contribution in [2.24, 2.45) is 0 Å². The van der Waals surface area contributed by atoms with Gasteiger partial charge in [0.05, 0.1) is 6.04 Å². The molecule has 0 saturated heterocycles. The minimum absolute atomic E-state index is 0.0101. The molecule has 0 aliphatic heterocycles. The summed E-state index contributed by atoms with van der Waals surface area (Å²) in [7, 11) is 0. The van der Waals surface area contributed by atoms with E-state index in [4.69, 9.17) is 11.6 Å². The summed E-state index contributed by atoms with van der Waals surface area (Å²) in [5.41, 5.74) is 0.616. The number of amides is 1. The average Bonchev–Trinajstić information content (AvgIpc) is 3.12. The summed E-state index contributed by atoms with van der Waals surface area (Å²) in [5, 5.41) is 16.1. The Kier molecular flexibility index (Phi) is 4.09. The molecule has 4 nitrogen and oxygen atoms in total. The van der Waals surface area contributed by atoms with Gasteiger partial charge in [-0.3, -0.25) is 4.79 Å². The van der Waals surface area contributed by atoms with Gasteiger partial charge >= 0.3 is 0 Å². The lowest BCUT2D eigenvalue weighted by Crippen LogP contribution is -2.42. The first-order valence-electron chi connectivity index (χ1n) is 6.08. The molecule has 1 fully saturated rings. The van der Waals surface area contributed by atoms with Gasteiger partial charge in [0, 0.05) is 23.2 Å². The molecule has 1 atom stereocenters. The third-order valence-electron chi connectivity index (χ3n) is 3.00. The Morgan fingerprint density at radius 3 is 2.89 bits per heavy atom. The van der Waals surface area contributed by atoms with Crippen LogP contribution in [-0.4, -0.2) is 23.1 Å². The second-order valence-corrected chi connectivity index (χ2v) is 5.03. The van der Waals surface area contributed by atoms with Crippen molar-refractivity contribution in [2.75, 3.05) is 0 Å². The van der Waals surface area contributed by atoms with Crippen LogP contribution in [0.15, 0.2) is 18.2 Å². The Bertz CT molecular complexity index is 426. The van der Waals surface area contributed by atoms with Crippen LogP contribution in [0.1, 0.15) is 25.3 Å². The summed E-state index contributed by atoms with van der Waals surface area (Å²) in [6.45, 7) is 2.16. The molecule has 18 heavy (non-hydrogen) atoms. The first-order chi connectivity index (χ1) is 8.58. The van der Waals surface area contributed by atoms with E-state index in [0.29, 0.717) is 23.2 Å². The fraction of sp³-hybridized carbons (Fsp3) is 0.462. The molecule has 1 aromatic carbocycles. The Labute approximate surface area is 111 Å². The number of rotatable bonds is 5. The third kappa shape index (κ3) is 3.37. The molecule has 1 amide bonds. The van der Waals surface area contributed by atoms with Gasteiger partial charge in [-0.15, -0.1) is 0 Å². The minimum atomic E-state index is -0.304. The predicted octanol–water partition coefficient (Wildman–Crippen LogP) is 1.80. The molecular formula is C13H17ClN2O2. The van der Waals surface area contributed by atoms with Crippen LogP contribution < -0.4 is 10.6 Å². The fourth-order valence-corrected chi connectivity index (χ4v) is 1.86. The van der Waals surface area contributed by atoms with Gasteiger partial charge in [-0.05, 0) is 31.9 Å². The molecule has 0 spiro atoms. The average molecular weight is 269 g/mol. The van der Waals surface area contributed by atoms with E-state index in [1.54, 1.807) is 25.1 Å². The van der Waals surface area contributed by atoms with Gasteiger partial charge in [0.2, 0.25) is 5.91 Å². The number of hydrogen-bond donors (Lipinski definition) is 3. The molecule has 1 aromatic rings. The molecule has 98 valence electrons. The number of halogens is 1. The van der Waals surface area contributed by atoms with Crippen molar-refractivity contribution in [3.8, 4) is 5.75 Å². The minimum Gasteiger partial charge on any atom is -0.508 e. The summed E-state index contributed by atoms with van der Waals surface area (Å²) in [6, 6.07) is 5.03. The van der Waals surface area contributed by atoms with E-state index >= 15 is 0 Å². The second kappa shape index (κ2) is 5.59. The summed E-state index contributed by atoms with van der Waals surface area (Å²) >= 11 is 5.99.